The van der Waals surface area contributed by atoms with E-state index in [1.54, 1.807) is 0 Å². The van der Waals surface area contributed by atoms with Crippen molar-refractivity contribution >= 4 is 23.6 Å². The van der Waals surface area contributed by atoms with Gasteiger partial charge in [0.05, 0.1) is 11.8 Å². The standard InChI is InChI=1S/C15H19F2N3O4/c1-19-12(22)9-6-20(7-10(9)13(19)23)14(24)11(21)18-8-2-4-15(16,17)5-3-8/h8-10H,2-7H2,1H3,(H,18,21)/t9-,10+. The summed E-state index contributed by atoms with van der Waals surface area (Å²) in [6.45, 7) is 0.0726. The molecule has 9 heteroatoms. The molecular weight excluding hydrogens is 324 g/mol. The van der Waals surface area contributed by atoms with Gasteiger partial charge in [-0.15, -0.1) is 0 Å². The van der Waals surface area contributed by atoms with Crippen LogP contribution in [-0.2, 0) is 19.2 Å². The van der Waals surface area contributed by atoms with E-state index < -0.39 is 35.6 Å². The van der Waals surface area contributed by atoms with Crippen LogP contribution in [0.3, 0.4) is 0 Å². The molecule has 3 rings (SSSR count). The van der Waals surface area contributed by atoms with Crippen molar-refractivity contribution in [1.29, 1.82) is 0 Å². The fourth-order valence-corrected chi connectivity index (χ4v) is 3.65. The number of amides is 4. The van der Waals surface area contributed by atoms with E-state index in [9.17, 15) is 28.0 Å². The topological polar surface area (TPSA) is 86.8 Å². The molecule has 0 spiro atoms. The predicted octanol–water partition coefficient (Wildman–Crippen LogP) is -0.246. The summed E-state index contributed by atoms with van der Waals surface area (Å²) in [6, 6.07) is -0.447. The van der Waals surface area contributed by atoms with Crippen LogP contribution in [0.5, 0.6) is 0 Å². The van der Waals surface area contributed by atoms with Crippen molar-refractivity contribution in [1.82, 2.24) is 15.1 Å². The van der Waals surface area contributed by atoms with Crippen molar-refractivity contribution in [2.24, 2.45) is 11.8 Å². The Hall–Kier alpha value is -2.06. The molecule has 0 radical (unpaired) electrons. The highest BCUT2D eigenvalue weighted by atomic mass is 19.3. The Kier molecular flexibility index (Phi) is 4.05. The number of hydrogen-bond donors (Lipinski definition) is 1. The fraction of sp³-hybridized carbons (Fsp3) is 0.733. The lowest BCUT2D eigenvalue weighted by atomic mass is 9.92. The van der Waals surface area contributed by atoms with E-state index in [4.69, 9.17) is 0 Å². The van der Waals surface area contributed by atoms with E-state index in [0.717, 1.165) is 4.90 Å². The van der Waals surface area contributed by atoms with Gasteiger partial charge in [-0.25, -0.2) is 8.78 Å². The number of nitrogens with zero attached hydrogens (tertiary/aromatic N) is 2. The van der Waals surface area contributed by atoms with Crippen LogP contribution in [-0.4, -0.2) is 65.5 Å². The minimum Gasteiger partial charge on any atom is -0.345 e. The van der Waals surface area contributed by atoms with Crippen LogP contribution in [0.4, 0.5) is 8.78 Å². The van der Waals surface area contributed by atoms with Crippen molar-refractivity contribution < 1.29 is 28.0 Å². The molecule has 1 N–H and O–H groups in total. The van der Waals surface area contributed by atoms with Crippen LogP contribution in [0.1, 0.15) is 25.7 Å². The normalized spacial score (nSPS) is 29.8. The SMILES string of the molecule is CN1C(=O)[C@H]2CN(C(=O)C(=O)NC3CCC(F)(F)CC3)C[C@H]2C1=O. The number of rotatable bonds is 1. The molecule has 3 fully saturated rings. The van der Waals surface area contributed by atoms with E-state index in [1.807, 2.05) is 0 Å². The highest BCUT2D eigenvalue weighted by molar-refractivity contribution is 6.35. The van der Waals surface area contributed by atoms with Gasteiger partial charge in [-0.2, -0.15) is 0 Å². The number of imide groups is 1. The smallest absolute Gasteiger partial charge is 0.311 e. The van der Waals surface area contributed by atoms with Gasteiger partial charge in [0, 0.05) is 39.0 Å². The number of nitrogens with one attached hydrogen (secondary N) is 1. The van der Waals surface area contributed by atoms with E-state index in [2.05, 4.69) is 5.32 Å². The minimum absolute atomic E-state index is 0.0363. The van der Waals surface area contributed by atoms with E-state index in [0.29, 0.717) is 0 Å². The summed E-state index contributed by atoms with van der Waals surface area (Å²) >= 11 is 0. The lowest BCUT2D eigenvalue weighted by Crippen LogP contribution is -2.48. The molecule has 4 amide bonds. The number of hydrogen-bond acceptors (Lipinski definition) is 4. The molecule has 0 aromatic heterocycles. The van der Waals surface area contributed by atoms with Crippen molar-refractivity contribution in [3.05, 3.63) is 0 Å². The number of likely N-dealkylation sites (tertiary alicyclic amines) is 2. The molecule has 132 valence electrons. The van der Waals surface area contributed by atoms with Gasteiger partial charge in [0.15, 0.2) is 0 Å². The van der Waals surface area contributed by atoms with Crippen molar-refractivity contribution in [2.45, 2.75) is 37.6 Å². The Balaban J connectivity index is 1.55. The molecule has 3 aliphatic rings. The molecule has 1 saturated carbocycles. The largest absolute Gasteiger partial charge is 0.345 e. The Morgan fingerprint density at radius 3 is 2.08 bits per heavy atom. The van der Waals surface area contributed by atoms with Crippen molar-refractivity contribution in [3.63, 3.8) is 0 Å². The van der Waals surface area contributed by atoms with Crippen LogP contribution in [0.2, 0.25) is 0 Å². The van der Waals surface area contributed by atoms with Gasteiger partial charge < -0.3 is 10.2 Å². The molecule has 0 unspecified atom stereocenters. The zero-order chi connectivity index (χ0) is 17.6. The maximum atomic E-state index is 13.1. The number of fused-ring (bicyclic) bond motifs is 1. The lowest BCUT2D eigenvalue weighted by molar-refractivity contribution is -0.147. The van der Waals surface area contributed by atoms with Gasteiger partial charge in [-0.3, -0.25) is 24.1 Å². The van der Waals surface area contributed by atoms with Gasteiger partial charge in [-0.1, -0.05) is 0 Å². The van der Waals surface area contributed by atoms with Crippen LogP contribution in [0.25, 0.3) is 0 Å². The molecule has 2 atom stereocenters. The van der Waals surface area contributed by atoms with E-state index in [1.165, 1.54) is 11.9 Å². The first kappa shape index (κ1) is 16.8. The molecule has 24 heavy (non-hydrogen) atoms. The second-order valence-electron chi connectivity index (χ2n) is 6.76. The zero-order valence-electron chi connectivity index (χ0n) is 13.3. The zero-order valence-corrected chi connectivity index (χ0v) is 13.3. The highest BCUT2D eigenvalue weighted by Crippen LogP contribution is 2.34. The highest BCUT2D eigenvalue weighted by Gasteiger charge is 2.52. The first-order valence-corrected chi connectivity index (χ1v) is 7.98. The summed E-state index contributed by atoms with van der Waals surface area (Å²) in [5, 5.41) is 2.49. The van der Waals surface area contributed by atoms with Crippen LogP contribution in [0, 0.1) is 11.8 Å². The fourth-order valence-electron chi connectivity index (χ4n) is 3.65. The third-order valence-corrected chi connectivity index (χ3v) is 5.15. The van der Waals surface area contributed by atoms with Crippen molar-refractivity contribution in [2.75, 3.05) is 20.1 Å². The second kappa shape index (κ2) is 5.78. The van der Waals surface area contributed by atoms with Crippen LogP contribution >= 0.6 is 0 Å². The van der Waals surface area contributed by atoms with E-state index in [-0.39, 0.29) is 50.6 Å². The minimum atomic E-state index is -2.70. The molecule has 0 aromatic carbocycles. The average Bonchev–Trinajstić information content (AvgIpc) is 3.05. The Morgan fingerprint density at radius 2 is 1.58 bits per heavy atom. The molecule has 2 heterocycles. The second-order valence-corrected chi connectivity index (χ2v) is 6.76. The maximum absolute atomic E-state index is 13.1. The Labute approximate surface area is 137 Å². The van der Waals surface area contributed by atoms with Gasteiger partial charge in [0.1, 0.15) is 0 Å². The Bertz CT molecular complexity index is 576. The van der Waals surface area contributed by atoms with Gasteiger partial charge in [0.25, 0.3) is 0 Å². The van der Waals surface area contributed by atoms with E-state index >= 15 is 0 Å². The van der Waals surface area contributed by atoms with Crippen LogP contribution in [0.15, 0.2) is 0 Å². The van der Waals surface area contributed by atoms with Crippen molar-refractivity contribution in [3.8, 4) is 0 Å². The lowest BCUT2D eigenvalue weighted by Gasteiger charge is -2.29. The number of alkyl halides is 2. The Morgan fingerprint density at radius 1 is 1.08 bits per heavy atom. The molecule has 1 aliphatic carbocycles. The maximum Gasteiger partial charge on any atom is 0.311 e. The average molecular weight is 343 g/mol. The number of carbonyl (C=O) groups excluding carboxylic acids is 4. The summed E-state index contributed by atoms with van der Waals surface area (Å²) in [4.78, 5) is 50.3. The summed E-state index contributed by atoms with van der Waals surface area (Å²) in [5.74, 6) is -6.24. The third kappa shape index (κ3) is 2.87. The first-order chi connectivity index (χ1) is 11.2. The first-order valence-electron chi connectivity index (χ1n) is 7.98. The quantitative estimate of drug-likeness (QED) is 0.526. The van der Waals surface area contributed by atoms with Gasteiger partial charge in [-0.05, 0) is 12.8 Å². The number of halogens is 2. The molecule has 0 aromatic rings. The number of carbonyl (C=O) groups is 4. The monoisotopic (exact) mass is 343 g/mol. The molecule has 7 nitrogen and oxygen atoms in total. The predicted molar refractivity (Wildman–Crippen MR) is 76.7 cm³/mol. The summed E-state index contributed by atoms with van der Waals surface area (Å²) in [5.41, 5.74) is 0. The molecule has 0 bridgehead atoms. The summed E-state index contributed by atoms with van der Waals surface area (Å²) < 4.78 is 26.2. The molecule has 2 saturated heterocycles. The van der Waals surface area contributed by atoms with Crippen LogP contribution < -0.4 is 5.32 Å². The third-order valence-electron chi connectivity index (χ3n) is 5.15. The molecule has 2 aliphatic heterocycles. The molecular formula is C15H19F2N3O4. The van der Waals surface area contributed by atoms with Gasteiger partial charge >= 0.3 is 11.8 Å². The summed E-state index contributed by atoms with van der Waals surface area (Å²) in [6.07, 6.45) is -0.372. The summed E-state index contributed by atoms with van der Waals surface area (Å²) in [7, 11) is 1.40. The van der Waals surface area contributed by atoms with Gasteiger partial charge in [0.2, 0.25) is 17.7 Å².